The van der Waals surface area contributed by atoms with Crippen LogP contribution in [0.2, 0.25) is 0 Å². The van der Waals surface area contributed by atoms with Crippen LogP contribution in [-0.4, -0.2) is 0 Å². The lowest BCUT2D eigenvalue weighted by Crippen LogP contribution is -2.19. The molecule has 0 N–H and O–H groups in total. The lowest BCUT2D eigenvalue weighted by Gasteiger charge is -2.35. The van der Waals surface area contributed by atoms with Gasteiger partial charge in [-0.25, -0.2) is 0 Å². The monoisotopic (exact) mass is 190 g/mol. The fraction of sp³-hybridized carbons (Fsp3) is 0.333. The molecule has 3 aliphatic carbocycles. The van der Waals surface area contributed by atoms with E-state index in [1.165, 1.54) is 24.0 Å². The maximum absolute atomic E-state index is 6.20. The predicted octanol–water partition coefficient (Wildman–Crippen LogP) is 3.78. The summed E-state index contributed by atoms with van der Waals surface area (Å²) in [5.74, 6) is 1.09. The quantitative estimate of drug-likeness (QED) is 0.584. The summed E-state index contributed by atoms with van der Waals surface area (Å²) in [5.41, 5.74) is 2.97. The molecular formula is C12H11Cl. The van der Waals surface area contributed by atoms with Crippen LogP contribution in [0.1, 0.15) is 35.8 Å². The van der Waals surface area contributed by atoms with Gasteiger partial charge in [-0.2, -0.15) is 0 Å². The maximum Gasteiger partial charge on any atom is 0.0222 e. The van der Waals surface area contributed by atoms with Gasteiger partial charge in [0.2, 0.25) is 0 Å². The van der Waals surface area contributed by atoms with E-state index in [2.05, 4.69) is 30.3 Å². The Labute approximate surface area is 83.2 Å². The van der Waals surface area contributed by atoms with Crippen molar-refractivity contribution in [2.24, 2.45) is 0 Å². The largest absolute Gasteiger partial charge is 0.0888 e. The van der Waals surface area contributed by atoms with Gasteiger partial charge in [-0.05, 0) is 24.0 Å². The van der Waals surface area contributed by atoms with Crippen LogP contribution in [0.3, 0.4) is 0 Å². The Hall–Kier alpha value is -0.750. The molecule has 0 saturated heterocycles. The molecule has 0 spiro atoms. The third-order valence-electron chi connectivity index (χ3n) is 3.23. The number of rotatable bonds is 0. The van der Waals surface area contributed by atoms with Crippen LogP contribution < -0.4 is 0 Å². The smallest absolute Gasteiger partial charge is 0.0222 e. The zero-order valence-corrected chi connectivity index (χ0v) is 8.09. The average molecular weight is 191 g/mol. The highest BCUT2D eigenvalue weighted by atomic mass is 35.5. The number of benzene rings is 1. The Morgan fingerprint density at radius 2 is 1.85 bits per heavy atom. The molecule has 2 bridgehead atoms. The second kappa shape index (κ2) is 2.62. The van der Waals surface area contributed by atoms with Gasteiger partial charge in [0.05, 0.1) is 0 Å². The van der Waals surface area contributed by atoms with Gasteiger partial charge in [0.25, 0.3) is 0 Å². The zero-order valence-electron chi connectivity index (χ0n) is 7.33. The van der Waals surface area contributed by atoms with Crippen molar-refractivity contribution < 1.29 is 0 Å². The molecule has 0 aromatic heterocycles. The molecule has 66 valence electrons. The molecule has 1 aromatic rings. The van der Waals surface area contributed by atoms with E-state index in [9.17, 15) is 0 Å². The summed E-state index contributed by atoms with van der Waals surface area (Å²) in [6, 6.07) is 8.71. The molecule has 4 rings (SSSR count). The minimum Gasteiger partial charge on any atom is -0.0888 e. The number of fused-ring (bicyclic) bond motifs is 1. The van der Waals surface area contributed by atoms with Gasteiger partial charge in [0.1, 0.15) is 0 Å². The van der Waals surface area contributed by atoms with Crippen LogP contribution in [0.4, 0.5) is 0 Å². The third kappa shape index (κ3) is 0.986. The highest BCUT2D eigenvalue weighted by molar-refractivity contribution is 6.30. The summed E-state index contributed by atoms with van der Waals surface area (Å²) in [6.07, 6.45) is 4.74. The zero-order chi connectivity index (χ0) is 8.84. The van der Waals surface area contributed by atoms with E-state index >= 15 is 0 Å². The van der Waals surface area contributed by atoms with Gasteiger partial charge in [-0.1, -0.05) is 41.9 Å². The van der Waals surface area contributed by atoms with Crippen molar-refractivity contribution in [3.05, 3.63) is 46.5 Å². The Morgan fingerprint density at radius 1 is 1.08 bits per heavy atom. The summed E-state index contributed by atoms with van der Waals surface area (Å²) < 4.78 is 0. The van der Waals surface area contributed by atoms with E-state index in [1.807, 2.05) is 0 Å². The Kier molecular flexibility index (Phi) is 1.54. The normalized spacial score (nSPS) is 29.8. The number of hydrogen-bond donors (Lipinski definition) is 0. The van der Waals surface area contributed by atoms with E-state index in [-0.39, 0.29) is 0 Å². The molecule has 0 amide bonds. The van der Waals surface area contributed by atoms with Crippen LogP contribution in [0.25, 0.3) is 0 Å². The highest BCUT2D eigenvalue weighted by Crippen LogP contribution is 2.49. The van der Waals surface area contributed by atoms with Gasteiger partial charge in [0, 0.05) is 16.9 Å². The van der Waals surface area contributed by atoms with Crippen molar-refractivity contribution in [2.75, 3.05) is 0 Å². The molecule has 13 heavy (non-hydrogen) atoms. The van der Waals surface area contributed by atoms with Gasteiger partial charge in [-0.15, -0.1) is 0 Å². The van der Waals surface area contributed by atoms with Gasteiger partial charge in [0.15, 0.2) is 0 Å². The van der Waals surface area contributed by atoms with Gasteiger partial charge < -0.3 is 0 Å². The molecule has 1 aromatic carbocycles. The Morgan fingerprint density at radius 3 is 2.62 bits per heavy atom. The fourth-order valence-corrected chi connectivity index (χ4v) is 2.97. The second-order valence-electron chi connectivity index (χ2n) is 3.92. The first-order valence-corrected chi connectivity index (χ1v) is 5.20. The highest BCUT2D eigenvalue weighted by Gasteiger charge is 2.32. The molecule has 0 radical (unpaired) electrons. The van der Waals surface area contributed by atoms with Crippen molar-refractivity contribution >= 4 is 11.6 Å². The summed E-state index contributed by atoms with van der Waals surface area (Å²) in [7, 11) is 0. The topological polar surface area (TPSA) is 0 Å². The molecule has 1 heteroatoms. The van der Waals surface area contributed by atoms with Gasteiger partial charge >= 0.3 is 0 Å². The average Bonchev–Trinajstić information content (AvgIpc) is 2.19. The van der Waals surface area contributed by atoms with E-state index in [1.54, 1.807) is 0 Å². The molecule has 0 fully saturated rings. The number of allylic oxidation sites excluding steroid dienone is 2. The van der Waals surface area contributed by atoms with Crippen molar-refractivity contribution in [3.63, 3.8) is 0 Å². The van der Waals surface area contributed by atoms with Crippen molar-refractivity contribution in [1.82, 2.24) is 0 Å². The summed E-state index contributed by atoms with van der Waals surface area (Å²) in [5, 5.41) is 1.06. The van der Waals surface area contributed by atoms with E-state index in [0.717, 1.165) is 5.03 Å². The first-order chi connectivity index (χ1) is 6.36. The molecular weight excluding hydrogens is 180 g/mol. The molecule has 0 nitrogen and oxygen atoms in total. The first kappa shape index (κ1) is 7.64. The number of halogens is 1. The lowest BCUT2D eigenvalue weighted by molar-refractivity contribution is 0.546. The van der Waals surface area contributed by atoms with E-state index in [0.29, 0.717) is 11.8 Å². The van der Waals surface area contributed by atoms with E-state index in [4.69, 9.17) is 11.6 Å². The third-order valence-corrected chi connectivity index (χ3v) is 3.62. The molecule has 0 saturated carbocycles. The van der Waals surface area contributed by atoms with Crippen LogP contribution in [0.5, 0.6) is 0 Å². The van der Waals surface area contributed by atoms with Crippen LogP contribution in [0.15, 0.2) is 35.4 Å². The molecule has 0 heterocycles. The van der Waals surface area contributed by atoms with E-state index < -0.39 is 0 Å². The first-order valence-electron chi connectivity index (χ1n) is 4.82. The maximum atomic E-state index is 6.20. The van der Waals surface area contributed by atoms with Crippen molar-refractivity contribution in [1.29, 1.82) is 0 Å². The lowest BCUT2D eigenvalue weighted by atomic mass is 9.71. The summed E-state index contributed by atoms with van der Waals surface area (Å²) >= 11 is 6.20. The SMILES string of the molecule is ClC1=CC2CCC1c1ccccc12. The number of hydrogen-bond acceptors (Lipinski definition) is 0. The Bertz CT molecular complexity index is 378. The van der Waals surface area contributed by atoms with Crippen LogP contribution in [-0.2, 0) is 0 Å². The molecule has 2 unspecified atom stereocenters. The van der Waals surface area contributed by atoms with Crippen LogP contribution >= 0.6 is 11.6 Å². The fourth-order valence-electron chi connectivity index (χ4n) is 2.59. The second-order valence-corrected chi connectivity index (χ2v) is 4.35. The van der Waals surface area contributed by atoms with Gasteiger partial charge in [-0.3, -0.25) is 0 Å². The minimum atomic E-state index is 0.503. The molecule has 2 atom stereocenters. The molecule has 0 aliphatic heterocycles. The van der Waals surface area contributed by atoms with Crippen molar-refractivity contribution in [2.45, 2.75) is 24.7 Å². The molecule has 3 aliphatic rings. The van der Waals surface area contributed by atoms with Crippen LogP contribution in [0, 0.1) is 0 Å². The predicted molar refractivity (Wildman–Crippen MR) is 55.1 cm³/mol. The minimum absolute atomic E-state index is 0.503. The standard InChI is InChI=1S/C12H11Cl/c13-12-7-8-5-6-11(12)10-4-2-1-3-9(8)10/h1-4,7-8,11H,5-6H2. The summed E-state index contributed by atoms with van der Waals surface area (Å²) in [4.78, 5) is 0. The van der Waals surface area contributed by atoms with Crippen molar-refractivity contribution in [3.8, 4) is 0 Å². The Balaban J connectivity index is 2.23. The summed E-state index contributed by atoms with van der Waals surface area (Å²) in [6.45, 7) is 0.